The second kappa shape index (κ2) is 12.5. The van der Waals surface area contributed by atoms with Crippen LogP contribution < -0.4 is 15.4 Å². The Labute approximate surface area is 183 Å². The first-order valence-electron chi connectivity index (χ1n) is 10.4. The van der Waals surface area contributed by atoms with E-state index < -0.39 is 0 Å². The van der Waals surface area contributed by atoms with Crippen LogP contribution in [0.25, 0.3) is 0 Å². The molecule has 2 heterocycles. The Morgan fingerprint density at radius 2 is 1.97 bits per heavy atom. The van der Waals surface area contributed by atoms with E-state index in [2.05, 4.69) is 15.5 Å². The lowest BCUT2D eigenvalue weighted by molar-refractivity contribution is 0.0394. The number of halogens is 1. The SMILES string of the molecule is COc1ccc(CCNC(=NCCN2CCOCC2)NCCc2ccco2)c(Cl)c1. The van der Waals surface area contributed by atoms with Crippen LogP contribution in [0.1, 0.15) is 11.3 Å². The van der Waals surface area contributed by atoms with E-state index in [-0.39, 0.29) is 0 Å². The topological polar surface area (TPSA) is 71.3 Å². The molecular weight excluding hydrogens is 404 g/mol. The lowest BCUT2D eigenvalue weighted by Crippen LogP contribution is -2.41. The van der Waals surface area contributed by atoms with Crippen molar-refractivity contribution in [1.29, 1.82) is 0 Å². The van der Waals surface area contributed by atoms with E-state index in [1.54, 1.807) is 13.4 Å². The van der Waals surface area contributed by atoms with Crippen LogP contribution in [-0.2, 0) is 17.6 Å². The van der Waals surface area contributed by atoms with Gasteiger partial charge in [-0.05, 0) is 36.2 Å². The summed E-state index contributed by atoms with van der Waals surface area (Å²) in [7, 11) is 1.64. The number of morpholine rings is 1. The van der Waals surface area contributed by atoms with Crippen molar-refractivity contribution in [3.05, 3.63) is 52.9 Å². The Morgan fingerprint density at radius 1 is 1.17 bits per heavy atom. The Morgan fingerprint density at radius 3 is 2.67 bits per heavy atom. The lowest BCUT2D eigenvalue weighted by atomic mass is 10.1. The van der Waals surface area contributed by atoms with Gasteiger partial charge in [-0.3, -0.25) is 9.89 Å². The second-order valence-electron chi connectivity index (χ2n) is 7.07. The summed E-state index contributed by atoms with van der Waals surface area (Å²) in [6.45, 7) is 6.70. The highest BCUT2D eigenvalue weighted by atomic mass is 35.5. The van der Waals surface area contributed by atoms with Gasteiger partial charge in [-0.25, -0.2) is 0 Å². The van der Waals surface area contributed by atoms with Crippen LogP contribution in [0.3, 0.4) is 0 Å². The average Bonchev–Trinajstić information content (AvgIpc) is 3.29. The third-order valence-corrected chi connectivity index (χ3v) is 5.33. The number of guanidine groups is 1. The average molecular weight is 435 g/mol. The minimum Gasteiger partial charge on any atom is -0.497 e. The van der Waals surface area contributed by atoms with Crippen molar-refractivity contribution in [2.75, 3.05) is 59.6 Å². The van der Waals surface area contributed by atoms with Gasteiger partial charge in [-0.15, -0.1) is 0 Å². The van der Waals surface area contributed by atoms with Gasteiger partial charge in [0.05, 0.1) is 33.1 Å². The van der Waals surface area contributed by atoms with Gasteiger partial charge in [0, 0.05) is 44.2 Å². The zero-order chi connectivity index (χ0) is 21.0. The van der Waals surface area contributed by atoms with Gasteiger partial charge in [0.1, 0.15) is 11.5 Å². The van der Waals surface area contributed by atoms with Crippen LogP contribution in [-0.4, -0.2) is 70.5 Å². The van der Waals surface area contributed by atoms with E-state index in [0.717, 1.165) is 88.4 Å². The van der Waals surface area contributed by atoms with Gasteiger partial charge in [-0.1, -0.05) is 17.7 Å². The molecule has 0 bridgehead atoms. The molecule has 1 fully saturated rings. The standard InChI is InChI=1S/C22H31ClN4O3/c1-28-20-5-4-18(21(23)17-20)6-8-24-22(25-9-7-19-3-2-14-30-19)26-10-11-27-12-15-29-16-13-27/h2-5,14,17H,6-13,15-16H2,1H3,(H2,24,25,26). The fourth-order valence-corrected chi connectivity index (χ4v) is 3.50. The molecule has 2 N–H and O–H groups in total. The van der Waals surface area contributed by atoms with E-state index in [1.165, 1.54) is 0 Å². The quantitative estimate of drug-likeness (QED) is 0.442. The zero-order valence-electron chi connectivity index (χ0n) is 17.5. The van der Waals surface area contributed by atoms with E-state index >= 15 is 0 Å². The first kappa shape index (κ1) is 22.5. The number of nitrogens with one attached hydrogen (secondary N) is 2. The van der Waals surface area contributed by atoms with Crippen molar-refractivity contribution in [2.45, 2.75) is 12.8 Å². The Kier molecular flexibility index (Phi) is 9.34. The first-order chi connectivity index (χ1) is 14.7. The van der Waals surface area contributed by atoms with Gasteiger partial charge in [0.15, 0.2) is 5.96 Å². The van der Waals surface area contributed by atoms with Crippen molar-refractivity contribution in [3.8, 4) is 5.75 Å². The van der Waals surface area contributed by atoms with Crippen LogP contribution in [0.5, 0.6) is 5.75 Å². The molecule has 0 saturated carbocycles. The number of furan rings is 1. The molecule has 0 atom stereocenters. The van der Waals surface area contributed by atoms with E-state index in [0.29, 0.717) is 5.02 Å². The van der Waals surface area contributed by atoms with Crippen LogP contribution in [0.4, 0.5) is 0 Å². The van der Waals surface area contributed by atoms with Crippen LogP contribution in [0, 0.1) is 0 Å². The highest BCUT2D eigenvalue weighted by Gasteiger charge is 2.09. The van der Waals surface area contributed by atoms with Crippen molar-refractivity contribution in [3.63, 3.8) is 0 Å². The smallest absolute Gasteiger partial charge is 0.191 e. The maximum atomic E-state index is 6.35. The molecule has 0 aliphatic carbocycles. The number of rotatable bonds is 10. The monoisotopic (exact) mass is 434 g/mol. The van der Waals surface area contributed by atoms with Gasteiger partial charge in [-0.2, -0.15) is 0 Å². The van der Waals surface area contributed by atoms with Gasteiger partial charge in [0.25, 0.3) is 0 Å². The predicted molar refractivity (Wildman–Crippen MR) is 120 cm³/mol. The van der Waals surface area contributed by atoms with Crippen LogP contribution in [0.2, 0.25) is 5.02 Å². The van der Waals surface area contributed by atoms with Gasteiger partial charge >= 0.3 is 0 Å². The third-order valence-electron chi connectivity index (χ3n) is 4.98. The highest BCUT2D eigenvalue weighted by Crippen LogP contribution is 2.22. The highest BCUT2D eigenvalue weighted by molar-refractivity contribution is 6.31. The van der Waals surface area contributed by atoms with Crippen molar-refractivity contribution >= 4 is 17.6 Å². The summed E-state index contributed by atoms with van der Waals surface area (Å²) in [4.78, 5) is 7.13. The number of aliphatic imine (C=N–C) groups is 1. The van der Waals surface area contributed by atoms with Crippen molar-refractivity contribution < 1.29 is 13.9 Å². The number of benzene rings is 1. The molecular formula is C22H31ClN4O3. The molecule has 3 rings (SSSR count). The van der Waals surface area contributed by atoms with Crippen LogP contribution >= 0.6 is 11.6 Å². The van der Waals surface area contributed by atoms with Gasteiger partial charge in [0.2, 0.25) is 0 Å². The number of hydrogen-bond donors (Lipinski definition) is 2. The number of nitrogens with zero attached hydrogens (tertiary/aromatic N) is 2. The van der Waals surface area contributed by atoms with E-state index in [9.17, 15) is 0 Å². The summed E-state index contributed by atoms with van der Waals surface area (Å²) in [6.07, 6.45) is 3.30. The van der Waals surface area contributed by atoms with Crippen molar-refractivity contribution in [1.82, 2.24) is 15.5 Å². The molecule has 1 aliphatic rings. The minimum atomic E-state index is 0.715. The molecule has 1 aromatic heterocycles. The molecule has 0 amide bonds. The normalized spacial score (nSPS) is 15.2. The fraction of sp³-hybridized carbons (Fsp3) is 0.500. The van der Waals surface area contributed by atoms with Crippen molar-refractivity contribution in [2.24, 2.45) is 4.99 Å². The maximum Gasteiger partial charge on any atom is 0.191 e. The van der Waals surface area contributed by atoms with E-state index in [1.807, 2.05) is 30.3 Å². The minimum absolute atomic E-state index is 0.715. The number of methoxy groups -OCH3 is 1. The Balaban J connectivity index is 1.49. The third kappa shape index (κ3) is 7.55. The molecule has 2 aromatic rings. The molecule has 8 heteroatoms. The Bertz CT molecular complexity index is 777. The molecule has 7 nitrogen and oxygen atoms in total. The molecule has 30 heavy (non-hydrogen) atoms. The lowest BCUT2D eigenvalue weighted by Gasteiger charge is -2.25. The zero-order valence-corrected chi connectivity index (χ0v) is 18.3. The maximum absolute atomic E-state index is 6.35. The van der Waals surface area contributed by atoms with Crippen LogP contribution in [0.15, 0.2) is 46.0 Å². The molecule has 1 aliphatic heterocycles. The molecule has 1 saturated heterocycles. The largest absolute Gasteiger partial charge is 0.497 e. The summed E-state index contributed by atoms with van der Waals surface area (Å²) in [5, 5.41) is 7.53. The molecule has 0 spiro atoms. The fourth-order valence-electron chi connectivity index (χ4n) is 3.23. The summed E-state index contributed by atoms with van der Waals surface area (Å²) >= 11 is 6.35. The molecule has 1 aromatic carbocycles. The summed E-state index contributed by atoms with van der Waals surface area (Å²) in [5.74, 6) is 2.53. The number of ether oxygens (including phenoxy) is 2. The molecule has 0 radical (unpaired) electrons. The molecule has 164 valence electrons. The summed E-state index contributed by atoms with van der Waals surface area (Å²) in [5.41, 5.74) is 1.08. The Hall–Kier alpha value is -2.22. The summed E-state index contributed by atoms with van der Waals surface area (Å²) in [6, 6.07) is 9.66. The first-order valence-corrected chi connectivity index (χ1v) is 10.8. The summed E-state index contributed by atoms with van der Waals surface area (Å²) < 4.78 is 16.0. The second-order valence-corrected chi connectivity index (χ2v) is 7.48. The van der Waals surface area contributed by atoms with E-state index in [4.69, 9.17) is 30.5 Å². The number of hydrogen-bond acceptors (Lipinski definition) is 5. The molecule has 0 unspecified atom stereocenters. The predicted octanol–water partition coefficient (Wildman–Crippen LogP) is 2.59. The van der Waals surface area contributed by atoms with Gasteiger partial charge < -0.3 is 24.5 Å².